The number of rotatable bonds is 5. The summed E-state index contributed by atoms with van der Waals surface area (Å²) in [5, 5.41) is 7.24. The largest absolute Gasteiger partial charge is 0.348 e. The van der Waals surface area contributed by atoms with Crippen molar-refractivity contribution in [1.82, 2.24) is 20.0 Å². The van der Waals surface area contributed by atoms with Crippen molar-refractivity contribution in [2.24, 2.45) is 0 Å². The number of aromatic nitrogens is 2. The molecule has 1 aromatic carbocycles. The summed E-state index contributed by atoms with van der Waals surface area (Å²) in [5.74, 6) is 0.489. The Bertz CT molecular complexity index is 790. The van der Waals surface area contributed by atoms with E-state index in [0.29, 0.717) is 11.6 Å². The van der Waals surface area contributed by atoms with Crippen molar-refractivity contribution in [2.45, 2.75) is 19.9 Å². The number of hydrogen-bond acceptors (Lipinski definition) is 4. The molecule has 1 N–H and O–H groups in total. The number of hydrogen-bond donors (Lipinski definition) is 1. The second kappa shape index (κ2) is 7.26. The zero-order valence-corrected chi connectivity index (χ0v) is 14.8. The number of benzene rings is 1. The van der Waals surface area contributed by atoms with E-state index in [9.17, 15) is 14.0 Å². The molecule has 1 atom stereocenters. The van der Waals surface area contributed by atoms with Gasteiger partial charge in [0.15, 0.2) is 0 Å². The van der Waals surface area contributed by atoms with Gasteiger partial charge in [0.1, 0.15) is 12.4 Å². The average molecular weight is 362 g/mol. The quantitative estimate of drug-likeness (QED) is 0.884. The molecule has 132 valence electrons. The summed E-state index contributed by atoms with van der Waals surface area (Å²) in [6.07, 6.45) is 1.69. The summed E-state index contributed by atoms with van der Waals surface area (Å²) in [6, 6.07) is 5.82. The first-order chi connectivity index (χ1) is 12.0. The predicted molar refractivity (Wildman–Crippen MR) is 93.9 cm³/mol. The van der Waals surface area contributed by atoms with Crippen molar-refractivity contribution < 1.29 is 14.0 Å². The Morgan fingerprint density at radius 2 is 2.12 bits per heavy atom. The molecule has 1 unspecified atom stereocenters. The van der Waals surface area contributed by atoms with Gasteiger partial charge in [-0.3, -0.25) is 9.59 Å². The van der Waals surface area contributed by atoms with Crippen LogP contribution in [0.4, 0.5) is 4.39 Å². The van der Waals surface area contributed by atoms with Gasteiger partial charge in [0.2, 0.25) is 11.8 Å². The fraction of sp³-hybridized carbons (Fsp3) is 0.353. The minimum absolute atomic E-state index is 0.00638. The Kier molecular flexibility index (Phi) is 5.08. The van der Waals surface area contributed by atoms with Crippen LogP contribution in [0.2, 0.25) is 0 Å². The van der Waals surface area contributed by atoms with E-state index in [0.717, 1.165) is 16.9 Å². The molecule has 8 heteroatoms. The third-order valence-corrected chi connectivity index (χ3v) is 5.07. The molecule has 6 nitrogen and oxygen atoms in total. The molecule has 3 rings (SSSR count). The maximum Gasteiger partial charge on any atom is 0.240 e. The van der Waals surface area contributed by atoms with Gasteiger partial charge in [-0.05, 0) is 38.1 Å². The molecule has 0 radical (unpaired) electrons. The van der Waals surface area contributed by atoms with Crippen LogP contribution in [0.15, 0.2) is 30.5 Å². The lowest BCUT2D eigenvalue weighted by molar-refractivity contribution is -0.132. The highest BCUT2D eigenvalue weighted by molar-refractivity contribution is 8.00. The van der Waals surface area contributed by atoms with E-state index in [1.165, 1.54) is 23.9 Å². The van der Waals surface area contributed by atoms with Crippen molar-refractivity contribution in [2.75, 3.05) is 18.2 Å². The zero-order chi connectivity index (χ0) is 18.0. The molecule has 2 heterocycles. The van der Waals surface area contributed by atoms with Gasteiger partial charge in [-0.2, -0.15) is 5.10 Å². The number of carbonyl (C=O) groups is 2. The molecule has 25 heavy (non-hydrogen) atoms. The lowest BCUT2D eigenvalue weighted by Crippen LogP contribution is -2.39. The summed E-state index contributed by atoms with van der Waals surface area (Å²) in [6.45, 7) is 3.84. The summed E-state index contributed by atoms with van der Waals surface area (Å²) < 4.78 is 14.8. The van der Waals surface area contributed by atoms with Crippen molar-refractivity contribution in [3.05, 3.63) is 47.5 Å². The van der Waals surface area contributed by atoms with Crippen molar-refractivity contribution in [3.63, 3.8) is 0 Å². The molecule has 0 bridgehead atoms. The van der Waals surface area contributed by atoms with Crippen LogP contribution in [-0.2, 0) is 9.59 Å². The Morgan fingerprint density at radius 1 is 1.40 bits per heavy atom. The van der Waals surface area contributed by atoms with Crippen molar-refractivity contribution in [3.8, 4) is 5.69 Å². The van der Waals surface area contributed by atoms with Gasteiger partial charge in [0.05, 0.1) is 29.6 Å². The Hall–Kier alpha value is -2.35. The monoisotopic (exact) mass is 362 g/mol. The maximum atomic E-state index is 13.1. The number of amides is 2. The highest BCUT2D eigenvalue weighted by atomic mass is 32.2. The average Bonchev–Trinajstić information content (AvgIpc) is 3.14. The van der Waals surface area contributed by atoms with Gasteiger partial charge in [-0.15, -0.1) is 11.8 Å². The molecule has 2 amide bonds. The SMILES string of the molecule is Cc1c(C(C)NC(=O)CN2CSCC2=O)cnn1-c1ccc(F)cc1. The zero-order valence-electron chi connectivity index (χ0n) is 14.0. The minimum Gasteiger partial charge on any atom is -0.348 e. The second-order valence-electron chi connectivity index (χ2n) is 5.93. The van der Waals surface area contributed by atoms with Crippen LogP contribution < -0.4 is 5.32 Å². The molecule has 0 saturated carbocycles. The molecular formula is C17H19FN4O2S. The molecule has 0 aliphatic carbocycles. The Morgan fingerprint density at radius 3 is 2.76 bits per heavy atom. The summed E-state index contributed by atoms with van der Waals surface area (Å²) >= 11 is 1.51. The van der Waals surface area contributed by atoms with Crippen molar-refractivity contribution >= 4 is 23.6 Å². The van der Waals surface area contributed by atoms with Crippen LogP contribution in [0.25, 0.3) is 5.69 Å². The van der Waals surface area contributed by atoms with E-state index < -0.39 is 0 Å². The molecule has 1 saturated heterocycles. The first-order valence-corrected chi connectivity index (χ1v) is 9.06. The first kappa shape index (κ1) is 17.5. The summed E-state index contributed by atoms with van der Waals surface area (Å²) in [5.41, 5.74) is 2.50. The molecule has 1 aliphatic heterocycles. The van der Waals surface area contributed by atoms with Crippen LogP contribution in [-0.4, -0.2) is 44.7 Å². The Balaban J connectivity index is 1.68. The van der Waals surface area contributed by atoms with Gasteiger partial charge < -0.3 is 10.2 Å². The number of carbonyl (C=O) groups excluding carboxylic acids is 2. The summed E-state index contributed by atoms with van der Waals surface area (Å²) in [7, 11) is 0. The van der Waals surface area contributed by atoms with E-state index in [1.54, 1.807) is 27.9 Å². The predicted octanol–water partition coefficient (Wildman–Crippen LogP) is 2.03. The standard InChI is InChI=1S/C17H19FN4O2S/c1-11(20-16(23)8-21-10-25-9-17(21)24)15-7-19-22(12(15)2)14-5-3-13(18)4-6-14/h3-7,11H,8-10H2,1-2H3,(H,20,23). The van der Waals surface area contributed by atoms with Gasteiger partial charge in [-0.1, -0.05) is 0 Å². The number of nitrogens with one attached hydrogen (secondary N) is 1. The van der Waals surface area contributed by atoms with E-state index in [2.05, 4.69) is 10.4 Å². The van der Waals surface area contributed by atoms with Gasteiger partial charge in [0, 0.05) is 11.3 Å². The van der Waals surface area contributed by atoms with Crippen LogP contribution in [0.3, 0.4) is 0 Å². The normalized spacial score (nSPS) is 15.5. The third kappa shape index (κ3) is 3.84. The summed E-state index contributed by atoms with van der Waals surface area (Å²) in [4.78, 5) is 25.3. The fourth-order valence-electron chi connectivity index (χ4n) is 2.77. The van der Waals surface area contributed by atoms with Gasteiger partial charge in [-0.25, -0.2) is 9.07 Å². The lowest BCUT2D eigenvalue weighted by atomic mass is 10.1. The van der Waals surface area contributed by atoms with Gasteiger partial charge >= 0.3 is 0 Å². The molecule has 0 spiro atoms. The first-order valence-electron chi connectivity index (χ1n) is 7.91. The van der Waals surface area contributed by atoms with Crippen LogP contribution >= 0.6 is 11.8 Å². The van der Waals surface area contributed by atoms with Gasteiger partial charge in [0.25, 0.3) is 0 Å². The van der Waals surface area contributed by atoms with E-state index >= 15 is 0 Å². The molecular weight excluding hydrogens is 343 g/mol. The smallest absolute Gasteiger partial charge is 0.240 e. The van der Waals surface area contributed by atoms with Crippen LogP contribution in [0.5, 0.6) is 0 Å². The third-order valence-electron chi connectivity index (χ3n) is 4.12. The highest BCUT2D eigenvalue weighted by Crippen LogP contribution is 2.21. The second-order valence-corrected chi connectivity index (χ2v) is 6.89. The topological polar surface area (TPSA) is 67.2 Å². The molecule has 1 fully saturated rings. The van der Waals surface area contributed by atoms with Crippen LogP contribution in [0, 0.1) is 12.7 Å². The lowest BCUT2D eigenvalue weighted by Gasteiger charge is -2.18. The number of nitrogens with zero attached hydrogens (tertiary/aromatic N) is 3. The molecule has 1 aliphatic rings. The minimum atomic E-state index is -0.302. The number of halogens is 1. The van der Waals surface area contributed by atoms with E-state index in [1.807, 2.05) is 13.8 Å². The maximum absolute atomic E-state index is 13.1. The van der Waals surface area contributed by atoms with E-state index in [4.69, 9.17) is 0 Å². The molecule has 1 aromatic heterocycles. The van der Waals surface area contributed by atoms with E-state index in [-0.39, 0.29) is 30.2 Å². The van der Waals surface area contributed by atoms with Crippen LogP contribution in [0.1, 0.15) is 24.2 Å². The number of thioether (sulfide) groups is 1. The molecule has 2 aromatic rings. The fourth-order valence-corrected chi connectivity index (χ4v) is 3.67. The Labute approximate surface area is 149 Å². The highest BCUT2D eigenvalue weighted by Gasteiger charge is 2.24. The van der Waals surface area contributed by atoms with Crippen molar-refractivity contribution in [1.29, 1.82) is 0 Å².